The summed E-state index contributed by atoms with van der Waals surface area (Å²) >= 11 is 0. The van der Waals surface area contributed by atoms with E-state index in [0.717, 1.165) is 12.8 Å². The number of anilines is 2. The van der Waals surface area contributed by atoms with Crippen LogP contribution in [0, 0.1) is 5.92 Å². The molecule has 1 aliphatic rings. The number of aliphatic hydroxyl groups is 1. The number of nitrogen functional groups attached to an aromatic ring is 2. The molecule has 0 aliphatic heterocycles. The zero-order valence-corrected chi connectivity index (χ0v) is 10.4. The molecule has 0 unspecified atom stereocenters. The van der Waals surface area contributed by atoms with E-state index in [9.17, 15) is 0 Å². The van der Waals surface area contributed by atoms with Gasteiger partial charge in [0.05, 0.1) is 6.33 Å². The summed E-state index contributed by atoms with van der Waals surface area (Å²) in [7, 11) is 0. The lowest BCUT2D eigenvalue weighted by molar-refractivity contribution is 0.250. The molecule has 19 heavy (non-hydrogen) atoms. The first-order chi connectivity index (χ1) is 9.20. The molecular weight excluding hydrogens is 244 g/mol. The number of hydrogen-bond donors (Lipinski definition) is 3. The van der Waals surface area contributed by atoms with Crippen molar-refractivity contribution in [2.24, 2.45) is 5.92 Å². The molecule has 0 fully saturated rings. The Balaban J connectivity index is 2.06. The highest BCUT2D eigenvalue weighted by Gasteiger charge is 2.26. The van der Waals surface area contributed by atoms with E-state index >= 15 is 0 Å². The molecule has 0 aromatic carbocycles. The van der Waals surface area contributed by atoms with Crippen molar-refractivity contribution in [3.8, 4) is 0 Å². The molecular formula is C12H16N6O. The van der Waals surface area contributed by atoms with Crippen LogP contribution in [0.3, 0.4) is 0 Å². The van der Waals surface area contributed by atoms with Crippen molar-refractivity contribution in [1.82, 2.24) is 19.5 Å². The first-order valence-electron chi connectivity index (χ1n) is 6.23. The first kappa shape index (κ1) is 11.9. The predicted molar refractivity (Wildman–Crippen MR) is 72.1 cm³/mol. The number of fused-ring (bicyclic) bond motifs is 1. The molecule has 0 bridgehead atoms. The maximum atomic E-state index is 9.12. The van der Waals surface area contributed by atoms with Crippen LogP contribution in [0.4, 0.5) is 11.8 Å². The van der Waals surface area contributed by atoms with Gasteiger partial charge in [0.1, 0.15) is 5.52 Å². The lowest BCUT2D eigenvalue weighted by Crippen LogP contribution is -2.15. The Labute approximate surface area is 110 Å². The fourth-order valence-electron chi connectivity index (χ4n) is 2.65. The van der Waals surface area contributed by atoms with Crippen LogP contribution in [-0.2, 0) is 0 Å². The highest BCUT2D eigenvalue weighted by molar-refractivity contribution is 5.82. The second-order valence-electron chi connectivity index (χ2n) is 4.70. The number of hydrogen-bond acceptors (Lipinski definition) is 6. The average Bonchev–Trinajstić information content (AvgIpc) is 2.95. The molecule has 7 nitrogen and oxygen atoms in total. The van der Waals surface area contributed by atoms with Crippen LogP contribution in [0.1, 0.15) is 18.9 Å². The number of imidazole rings is 1. The van der Waals surface area contributed by atoms with Gasteiger partial charge in [-0.1, -0.05) is 12.2 Å². The SMILES string of the molecule is Nc1nc(N)c2ncn([C@@H]3CC=C[C@@H]3CCO)c2n1. The van der Waals surface area contributed by atoms with E-state index in [4.69, 9.17) is 16.6 Å². The maximum absolute atomic E-state index is 9.12. The summed E-state index contributed by atoms with van der Waals surface area (Å²) in [5.74, 6) is 0.724. The third kappa shape index (κ3) is 1.91. The number of aliphatic hydroxyl groups excluding tert-OH is 1. The van der Waals surface area contributed by atoms with Gasteiger partial charge in [0.25, 0.3) is 0 Å². The first-order valence-corrected chi connectivity index (χ1v) is 6.23. The summed E-state index contributed by atoms with van der Waals surface area (Å²) in [6.45, 7) is 0.164. The summed E-state index contributed by atoms with van der Waals surface area (Å²) in [5, 5.41) is 9.12. The molecule has 0 spiro atoms. The van der Waals surface area contributed by atoms with Crippen LogP contribution in [0.25, 0.3) is 11.2 Å². The second kappa shape index (κ2) is 4.51. The Morgan fingerprint density at radius 2 is 2.21 bits per heavy atom. The number of nitrogens with zero attached hydrogens (tertiary/aromatic N) is 4. The third-order valence-corrected chi connectivity index (χ3v) is 3.54. The second-order valence-corrected chi connectivity index (χ2v) is 4.70. The van der Waals surface area contributed by atoms with E-state index in [-0.39, 0.29) is 24.5 Å². The lowest BCUT2D eigenvalue weighted by atomic mass is 10.00. The molecule has 0 amide bonds. The van der Waals surface area contributed by atoms with Crippen molar-refractivity contribution in [3.05, 3.63) is 18.5 Å². The Kier molecular flexibility index (Phi) is 2.83. The lowest BCUT2D eigenvalue weighted by Gasteiger charge is -2.20. The van der Waals surface area contributed by atoms with Gasteiger partial charge in [-0.3, -0.25) is 0 Å². The molecule has 3 rings (SSSR count). The fraction of sp³-hybridized carbons (Fsp3) is 0.417. The van der Waals surface area contributed by atoms with E-state index in [1.807, 2.05) is 4.57 Å². The summed E-state index contributed by atoms with van der Waals surface area (Å²) in [5.41, 5.74) is 12.7. The molecule has 0 saturated heterocycles. The van der Waals surface area contributed by atoms with Crippen molar-refractivity contribution in [1.29, 1.82) is 0 Å². The van der Waals surface area contributed by atoms with Gasteiger partial charge in [-0.15, -0.1) is 0 Å². The van der Waals surface area contributed by atoms with Gasteiger partial charge in [-0.2, -0.15) is 9.97 Å². The highest BCUT2D eigenvalue weighted by atomic mass is 16.3. The molecule has 2 aromatic rings. The number of nitrogens with two attached hydrogens (primary N) is 2. The van der Waals surface area contributed by atoms with Crippen LogP contribution in [0.2, 0.25) is 0 Å². The predicted octanol–water partition coefficient (Wildman–Crippen LogP) is 0.490. The maximum Gasteiger partial charge on any atom is 0.224 e. The minimum Gasteiger partial charge on any atom is -0.396 e. The van der Waals surface area contributed by atoms with Gasteiger partial charge in [0, 0.05) is 18.6 Å². The summed E-state index contributed by atoms with van der Waals surface area (Å²) in [6, 6.07) is 0.200. The Bertz CT molecular complexity index is 634. The summed E-state index contributed by atoms with van der Waals surface area (Å²) in [6.07, 6.45) is 7.57. The molecule has 7 heteroatoms. The minimum atomic E-state index is 0.149. The molecule has 2 heterocycles. The van der Waals surface area contributed by atoms with Gasteiger partial charge in [0.15, 0.2) is 11.5 Å². The third-order valence-electron chi connectivity index (χ3n) is 3.54. The molecule has 0 radical (unpaired) electrons. The Hall–Kier alpha value is -2.15. The normalized spacial score (nSPS) is 22.4. The smallest absolute Gasteiger partial charge is 0.224 e. The van der Waals surface area contributed by atoms with E-state index in [0.29, 0.717) is 17.0 Å². The van der Waals surface area contributed by atoms with Crippen LogP contribution in [-0.4, -0.2) is 31.2 Å². The molecule has 2 atom stereocenters. The standard InChI is InChI=1S/C12H16N6O/c13-10-9-11(17-12(14)16-10)18(6-15-9)8-3-1-2-7(8)4-5-19/h1-2,6-8,19H,3-5H2,(H4,13,14,16,17)/t7-,8-/m1/s1. The van der Waals surface area contributed by atoms with Crippen molar-refractivity contribution < 1.29 is 5.11 Å². The van der Waals surface area contributed by atoms with Gasteiger partial charge >= 0.3 is 0 Å². The Morgan fingerprint density at radius 1 is 1.37 bits per heavy atom. The van der Waals surface area contributed by atoms with Crippen LogP contribution in [0.5, 0.6) is 0 Å². The van der Waals surface area contributed by atoms with Gasteiger partial charge in [-0.25, -0.2) is 4.98 Å². The molecule has 1 aliphatic carbocycles. The quantitative estimate of drug-likeness (QED) is 0.692. The van der Waals surface area contributed by atoms with Crippen LogP contribution in [0.15, 0.2) is 18.5 Å². The molecule has 5 N–H and O–H groups in total. The largest absolute Gasteiger partial charge is 0.396 e. The average molecular weight is 260 g/mol. The topological polar surface area (TPSA) is 116 Å². The number of aromatic nitrogens is 4. The van der Waals surface area contributed by atoms with Crippen LogP contribution >= 0.6 is 0 Å². The highest BCUT2D eigenvalue weighted by Crippen LogP contribution is 2.34. The minimum absolute atomic E-state index is 0.149. The Morgan fingerprint density at radius 3 is 3.00 bits per heavy atom. The zero-order chi connectivity index (χ0) is 13.4. The van der Waals surface area contributed by atoms with Crippen molar-refractivity contribution in [2.75, 3.05) is 18.1 Å². The number of allylic oxidation sites excluding steroid dienone is 2. The molecule has 100 valence electrons. The van der Waals surface area contributed by atoms with E-state index in [1.165, 1.54) is 0 Å². The molecule has 0 saturated carbocycles. The van der Waals surface area contributed by atoms with Crippen molar-refractivity contribution >= 4 is 22.9 Å². The fourth-order valence-corrected chi connectivity index (χ4v) is 2.65. The monoisotopic (exact) mass is 260 g/mol. The summed E-state index contributed by atoms with van der Waals surface area (Å²) < 4.78 is 1.98. The van der Waals surface area contributed by atoms with E-state index < -0.39 is 0 Å². The van der Waals surface area contributed by atoms with E-state index in [1.54, 1.807) is 6.33 Å². The molecule has 2 aromatic heterocycles. The number of rotatable bonds is 3. The summed E-state index contributed by atoms with van der Waals surface area (Å²) in [4.78, 5) is 12.4. The van der Waals surface area contributed by atoms with Gasteiger partial charge in [0.2, 0.25) is 5.95 Å². The van der Waals surface area contributed by atoms with Crippen molar-refractivity contribution in [2.45, 2.75) is 18.9 Å². The zero-order valence-electron chi connectivity index (χ0n) is 10.4. The van der Waals surface area contributed by atoms with Crippen LogP contribution < -0.4 is 11.5 Å². The van der Waals surface area contributed by atoms with Crippen molar-refractivity contribution in [3.63, 3.8) is 0 Å². The van der Waals surface area contributed by atoms with E-state index in [2.05, 4.69) is 27.1 Å². The van der Waals surface area contributed by atoms with Gasteiger partial charge < -0.3 is 21.1 Å². The van der Waals surface area contributed by atoms with Gasteiger partial charge in [-0.05, 0) is 12.8 Å².